The molecule has 0 radical (unpaired) electrons. The lowest BCUT2D eigenvalue weighted by Crippen LogP contribution is -2.23. The van der Waals surface area contributed by atoms with Crippen LogP contribution in [0.3, 0.4) is 0 Å². The van der Waals surface area contributed by atoms with Crippen molar-refractivity contribution < 1.29 is 9.59 Å². The average molecular weight is 287 g/mol. The second-order valence-electron chi connectivity index (χ2n) is 2.84. The van der Waals surface area contributed by atoms with E-state index in [9.17, 15) is 9.59 Å². The van der Waals surface area contributed by atoms with Crippen molar-refractivity contribution in [1.29, 1.82) is 0 Å². The first kappa shape index (κ1) is 8.68. The summed E-state index contributed by atoms with van der Waals surface area (Å²) in [6.45, 7) is 0. The molecule has 1 N–H and O–H groups in total. The third-order valence-electron chi connectivity index (χ3n) is 1.88. The van der Waals surface area contributed by atoms with Gasteiger partial charge in [-0.3, -0.25) is 9.59 Å². The molecule has 1 aromatic carbocycles. The van der Waals surface area contributed by atoms with E-state index in [1.54, 1.807) is 12.1 Å². The van der Waals surface area contributed by atoms with Crippen LogP contribution < -0.4 is 5.32 Å². The van der Waals surface area contributed by atoms with E-state index in [1.165, 1.54) is 0 Å². The van der Waals surface area contributed by atoms with Crippen LogP contribution in [0.4, 0.5) is 5.69 Å². The van der Waals surface area contributed by atoms with Gasteiger partial charge < -0.3 is 5.32 Å². The van der Waals surface area contributed by atoms with E-state index in [1.807, 2.05) is 6.07 Å². The van der Waals surface area contributed by atoms with Gasteiger partial charge in [0.05, 0.1) is 12.1 Å². The van der Waals surface area contributed by atoms with Crippen LogP contribution in [0.15, 0.2) is 18.2 Å². The van der Waals surface area contributed by atoms with Gasteiger partial charge in [-0.1, -0.05) is 0 Å². The first-order valence-electron chi connectivity index (χ1n) is 3.79. The van der Waals surface area contributed by atoms with Crippen LogP contribution in [0.5, 0.6) is 0 Å². The largest absolute Gasteiger partial charge is 0.325 e. The Morgan fingerprint density at radius 2 is 2.08 bits per heavy atom. The molecule has 0 unspecified atom stereocenters. The van der Waals surface area contributed by atoms with Crippen LogP contribution in [0, 0.1) is 3.57 Å². The van der Waals surface area contributed by atoms with Crippen LogP contribution >= 0.6 is 22.6 Å². The molecule has 0 atom stereocenters. The molecule has 0 saturated heterocycles. The molecular formula is C9H6INO2. The number of carbonyl (C=O) groups excluding carboxylic acids is 2. The van der Waals surface area contributed by atoms with Crippen molar-refractivity contribution >= 4 is 40.0 Å². The summed E-state index contributed by atoms with van der Waals surface area (Å²) in [5.74, 6) is -0.323. The first-order chi connectivity index (χ1) is 6.16. The topological polar surface area (TPSA) is 46.2 Å². The van der Waals surface area contributed by atoms with Crippen LogP contribution in [0.25, 0.3) is 0 Å². The minimum Gasteiger partial charge on any atom is -0.325 e. The maximum absolute atomic E-state index is 11.4. The summed E-state index contributed by atoms with van der Waals surface area (Å²) in [7, 11) is 0. The molecular weight excluding hydrogens is 281 g/mol. The van der Waals surface area contributed by atoms with Gasteiger partial charge >= 0.3 is 0 Å². The molecule has 0 fully saturated rings. The summed E-state index contributed by atoms with van der Waals surface area (Å²) in [6, 6.07) is 5.40. The zero-order chi connectivity index (χ0) is 9.42. The number of amides is 1. The highest BCUT2D eigenvalue weighted by molar-refractivity contribution is 14.1. The van der Waals surface area contributed by atoms with Crippen LogP contribution in [-0.2, 0) is 4.79 Å². The molecule has 1 heterocycles. The highest BCUT2D eigenvalue weighted by atomic mass is 127. The molecule has 0 aromatic heterocycles. The number of fused-ring (bicyclic) bond motifs is 1. The Morgan fingerprint density at radius 3 is 2.85 bits per heavy atom. The summed E-state index contributed by atoms with van der Waals surface area (Å²) < 4.78 is 1.00. The van der Waals surface area contributed by atoms with Crippen molar-refractivity contribution in [3.63, 3.8) is 0 Å². The summed E-state index contributed by atoms with van der Waals surface area (Å²) in [6.07, 6.45) is -0.0346. The number of benzene rings is 1. The lowest BCUT2D eigenvalue weighted by Gasteiger charge is -2.15. The first-order valence-corrected chi connectivity index (χ1v) is 4.87. The number of hydrogen-bond donors (Lipinski definition) is 1. The maximum Gasteiger partial charge on any atom is 0.232 e. The van der Waals surface area contributed by atoms with Gasteiger partial charge in [0.15, 0.2) is 5.78 Å². The number of halogens is 1. The van der Waals surface area contributed by atoms with Gasteiger partial charge in [-0.05, 0) is 40.8 Å². The third kappa shape index (κ3) is 1.58. The lowest BCUT2D eigenvalue weighted by atomic mass is 10.0. The quantitative estimate of drug-likeness (QED) is 0.584. The van der Waals surface area contributed by atoms with Gasteiger partial charge in [-0.25, -0.2) is 0 Å². The van der Waals surface area contributed by atoms with E-state index < -0.39 is 0 Å². The van der Waals surface area contributed by atoms with Crippen LogP contribution in [-0.4, -0.2) is 11.7 Å². The zero-order valence-corrected chi connectivity index (χ0v) is 8.79. The zero-order valence-electron chi connectivity index (χ0n) is 6.63. The SMILES string of the molecule is O=C1CC(=O)c2cc(I)ccc2N1. The van der Waals surface area contributed by atoms with E-state index in [2.05, 4.69) is 27.9 Å². The molecule has 2 rings (SSSR count). The van der Waals surface area contributed by atoms with E-state index in [0.29, 0.717) is 11.3 Å². The smallest absolute Gasteiger partial charge is 0.232 e. The Balaban J connectivity index is 2.55. The van der Waals surface area contributed by atoms with Gasteiger partial charge in [-0.2, -0.15) is 0 Å². The standard InChI is InChI=1S/C9H6INO2/c10-5-1-2-7-6(3-5)8(12)4-9(13)11-7/h1-3H,4H2,(H,11,13). The number of nitrogens with one attached hydrogen (secondary N) is 1. The molecule has 0 aliphatic carbocycles. The second kappa shape index (κ2) is 3.10. The minimum absolute atomic E-state index is 0.0346. The average Bonchev–Trinajstić information content (AvgIpc) is 2.06. The van der Waals surface area contributed by atoms with Gasteiger partial charge in [0.25, 0.3) is 0 Å². The molecule has 1 amide bonds. The Morgan fingerprint density at radius 1 is 1.31 bits per heavy atom. The normalized spacial score (nSPS) is 15.2. The molecule has 3 nitrogen and oxygen atoms in total. The molecule has 13 heavy (non-hydrogen) atoms. The van der Waals surface area contributed by atoms with Crippen molar-refractivity contribution in [3.8, 4) is 0 Å². The minimum atomic E-state index is -0.223. The molecule has 0 bridgehead atoms. The number of carbonyl (C=O) groups is 2. The molecule has 1 aliphatic heterocycles. The van der Waals surface area contributed by atoms with E-state index in [0.717, 1.165) is 3.57 Å². The lowest BCUT2D eigenvalue weighted by molar-refractivity contribution is -0.115. The van der Waals surface area contributed by atoms with Crippen molar-refractivity contribution in [2.75, 3.05) is 5.32 Å². The summed E-state index contributed by atoms with van der Waals surface area (Å²) >= 11 is 2.14. The number of ketones is 1. The summed E-state index contributed by atoms with van der Waals surface area (Å²) in [4.78, 5) is 22.4. The fourth-order valence-electron chi connectivity index (χ4n) is 1.29. The third-order valence-corrected chi connectivity index (χ3v) is 2.55. The van der Waals surface area contributed by atoms with Crippen molar-refractivity contribution in [2.24, 2.45) is 0 Å². The Labute approximate surface area is 88.7 Å². The molecule has 66 valence electrons. The van der Waals surface area contributed by atoms with Crippen LogP contribution in [0.2, 0.25) is 0 Å². The number of Topliss-reactive ketones (excluding diaryl/α,β-unsaturated/α-hetero) is 1. The predicted molar refractivity (Wildman–Crippen MR) is 56.7 cm³/mol. The number of hydrogen-bond acceptors (Lipinski definition) is 2. The molecule has 1 aromatic rings. The highest BCUT2D eigenvalue weighted by Crippen LogP contribution is 2.23. The highest BCUT2D eigenvalue weighted by Gasteiger charge is 2.21. The Bertz CT molecular complexity index is 401. The van der Waals surface area contributed by atoms with E-state index in [-0.39, 0.29) is 18.1 Å². The predicted octanol–water partition coefficient (Wildman–Crippen LogP) is 1.82. The Hall–Kier alpha value is -0.910. The van der Waals surface area contributed by atoms with Crippen molar-refractivity contribution in [1.82, 2.24) is 0 Å². The maximum atomic E-state index is 11.4. The summed E-state index contributed by atoms with van der Waals surface area (Å²) in [5.41, 5.74) is 1.24. The second-order valence-corrected chi connectivity index (χ2v) is 4.08. The fraction of sp³-hybridized carbons (Fsp3) is 0.111. The summed E-state index contributed by atoms with van der Waals surface area (Å²) in [5, 5.41) is 2.65. The van der Waals surface area contributed by atoms with Gasteiger partial charge in [-0.15, -0.1) is 0 Å². The Kier molecular flexibility index (Phi) is 2.07. The fourth-order valence-corrected chi connectivity index (χ4v) is 1.78. The van der Waals surface area contributed by atoms with E-state index in [4.69, 9.17) is 0 Å². The van der Waals surface area contributed by atoms with Gasteiger partial charge in [0.1, 0.15) is 0 Å². The molecule has 0 spiro atoms. The monoisotopic (exact) mass is 287 g/mol. The van der Waals surface area contributed by atoms with Crippen molar-refractivity contribution in [3.05, 3.63) is 27.3 Å². The number of anilines is 1. The molecule has 0 saturated carbocycles. The van der Waals surface area contributed by atoms with Gasteiger partial charge in [0, 0.05) is 9.13 Å². The number of rotatable bonds is 0. The van der Waals surface area contributed by atoms with Gasteiger partial charge in [0.2, 0.25) is 5.91 Å². The van der Waals surface area contributed by atoms with Crippen LogP contribution in [0.1, 0.15) is 16.8 Å². The molecule has 1 aliphatic rings. The van der Waals surface area contributed by atoms with Crippen molar-refractivity contribution in [2.45, 2.75) is 6.42 Å². The van der Waals surface area contributed by atoms with E-state index >= 15 is 0 Å². The molecule has 4 heteroatoms.